The zero-order chi connectivity index (χ0) is 13.7. The summed E-state index contributed by atoms with van der Waals surface area (Å²) in [5.41, 5.74) is 11.4. The van der Waals surface area contributed by atoms with Gasteiger partial charge in [-0.2, -0.15) is 0 Å². The number of aromatic nitrogens is 4. The smallest absolute Gasteiger partial charge is 0.237 e. The molecule has 100 valence electrons. The second kappa shape index (κ2) is 4.03. The zero-order valence-corrected chi connectivity index (χ0v) is 11.3. The van der Waals surface area contributed by atoms with Crippen molar-refractivity contribution in [1.29, 1.82) is 0 Å². The number of aryl methyl sites for hydroxylation is 2. The zero-order valence-electron chi connectivity index (χ0n) is 11.3. The van der Waals surface area contributed by atoms with Crippen molar-refractivity contribution >= 4 is 17.0 Å². The molecule has 2 N–H and O–H groups in total. The van der Waals surface area contributed by atoms with Crippen molar-refractivity contribution in [2.75, 3.05) is 5.73 Å². The number of nitrogen functional groups attached to an aromatic ring is 1. The van der Waals surface area contributed by atoms with Crippen LogP contribution in [0.15, 0.2) is 24.3 Å². The number of nitrogens with two attached hydrogens (primary N) is 1. The van der Waals surface area contributed by atoms with Gasteiger partial charge in [0.2, 0.25) is 11.9 Å². The van der Waals surface area contributed by atoms with Gasteiger partial charge < -0.3 is 5.73 Å². The van der Waals surface area contributed by atoms with Crippen molar-refractivity contribution in [3.8, 4) is 5.95 Å². The summed E-state index contributed by atoms with van der Waals surface area (Å²) < 4.78 is 1.83. The lowest BCUT2D eigenvalue weighted by Gasteiger charge is -2.09. The number of hydrogen-bond acceptors (Lipinski definition) is 4. The lowest BCUT2D eigenvalue weighted by molar-refractivity contribution is 0.886. The molecule has 3 aromatic rings. The monoisotopic (exact) mass is 265 g/mol. The van der Waals surface area contributed by atoms with E-state index in [1.54, 1.807) is 0 Å². The molecule has 2 heterocycles. The van der Waals surface area contributed by atoms with E-state index in [2.05, 4.69) is 9.97 Å². The summed E-state index contributed by atoms with van der Waals surface area (Å²) in [6.07, 6.45) is 3.27. The molecule has 2 aromatic heterocycles. The maximum absolute atomic E-state index is 6.05. The van der Waals surface area contributed by atoms with Gasteiger partial charge in [-0.15, -0.1) is 0 Å². The minimum Gasteiger partial charge on any atom is -0.369 e. The van der Waals surface area contributed by atoms with Crippen LogP contribution in [0.1, 0.15) is 23.4 Å². The Labute approximate surface area is 116 Å². The van der Waals surface area contributed by atoms with E-state index < -0.39 is 0 Å². The van der Waals surface area contributed by atoms with E-state index in [1.165, 1.54) is 5.56 Å². The van der Waals surface area contributed by atoms with Gasteiger partial charge in [0.05, 0.1) is 11.0 Å². The molecule has 4 rings (SSSR count). The average Bonchev–Trinajstić information content (AvgIpc) is 3.01. The molecular formula is C15H15N5. The Balaban J connectivity index is 2.00. The summed E-state index contributed by atoms with van der Waals surface area (Å²) >= 11 is 0. The van der Waals surface area contributed by atoms with E-state index in [1.807, 2.05) is 35.8 Å². The Morgan fingerprint density at radius 1 is 1.10 bits per heavy atom. The minimum absolute atomic E-state index is 0.434. The van der Waals surface area contributed by atoms with E-state index in [0.29, 0.717) is 11.9 Å². The number of benzene rings is 1. The number of anilines is 1. The number of hydrogen-bond donors (Lipinski definition) is 1. The van der Waals surface area contributed by atoms with Crippen LogP contribution in [0.4, 0.5) is 5.95 Å². The number of imidazole rings is 1. The molecule has 5 nitrogen and oxygen atoms in total. The van der Waals surface area contributed by atoms with Gasteiger partial charge in [-0.3, -0.25) is 0 Å². The molecule has 0 spiro atoms. The van der Waals surface area contributed by atoms with Gasteiger partial charge in [0, 0.05) is 11.4 Å². The molecule has 0 radical (unpaired) electrons. The van der Waals surface area contributed by atoms with Crippen LogP contribution >= 0.6 is 0 Å². The van der Waals surface area contributed by atoms with Crippen LogP contribution in [0.3, 0.4) is 0 Å². The number of rotatable bonds is 1. The third-order valence-electron chi connectivity index (χ3n) is 3.91. The van der Waals surface area contributed by atoms with Crippen molar-refractivity contribution in [2.24, 2.45) is 0 Å². The molecule has 0 bridgehead atoms. The van der Waals surface area contributed by atoms with Gasteiger partial charge in [-0.05, 0) is 43.9 Å². The molecule has 0 amide bonds. The SMILES string of the molecule is Cc1nc(-n2c(N)nc3ccccc32)nc2c1CCC2. The fraction of sp³-hybridized carbons (Fsp3) is 0.267. The second-order valence-corrected chi connectivity index (χ2v) is 5.18. The fourth-order valence-electron chi connectivity index (χ4n) is 2.96. The largest absolute Gasteiger partial charge is 0.369 e. The molecule has 0 saturated carbocycles. The van der Waals surface area contributed by atoms with E-state index in [-0.39, 0.29) is 0 Å². The average molecular weight is 265 g/mol. The van der Waals surface area contributed by atoms with Gasteiger partial charge in [-0.25, -0.2) is 19.5 Å². The van der Waals surface area contributed by atoms with Crippen molar-refractivity contribution in [1.82, 2.24) is 19.5 Å². The fourth-order valence-corrected chi connectivity index (χ4v) is 2.96. The first-order valence-corrected chi connectivity index (χ1v) is 6.84. The summed E-state index contributed by atoms with van der Waals surface area (Å²) in [5, 5.41) is 0. The molecule has 0 atom stereocenters. The van der Waals surface area contributed by atoms with E-state index in [4.69, 9.17) is 10.7 Å². The van der Waals surface area contributed by atoms with Crippen LogP contribution in [0, 0.1) is 6.92 Å². The van der Waals surface area contributed by atoms with Gasteiger partial charge in [-0.1, -0.05) is 12.1 Å². The molecule has 20 heavy (non-hydrogen) atoms. The normalized spacial score (nSPS) is 13.8. The molecule has 0 fully saturated rings. The Morgan fingerprint density at radius 2 is 1.95 bits per heavy atom. The van der Waals surface area contributed by atoms with Crippen LogP contribution in [-0.2, 0) is 12.8 Å². The van der Waals surface area contributed by atoms with Crippen molar-refractivity contribution in [3.63, 3.8) is 0 Å². The van der Waals surface area contributed by atoms with Crippen LogP contribution in [0.5, 0.6) is 0 Å². The lowest BCUT2D eigenvalue weighted by atomic mass is 10.2. The molecule has 0 saturated heterocycles. The topological polar surface area (TPSA) is 69.6 Å². The highest BCUT2D eigenvalue weighted by molar-refractivity contribution is 5.79. The summed E-state index contributed by atoms with van der Waals surface area (Å²) in [6.45, 7) is 2.05. The molecule has 1 aromatic carbocycles. The quantitative estimate of drug-likeness (QED) is 0.732. The highest BCUT2D eigenvalue weighted by Gasteiger charge is 2.19. The third kappa shape index (κ3) is 1.52. The maximum atomic E-state index is 6.05. The Morgan fingerprint density at radius 3 is 2.85 bits per heavy atom. The van der Waals surface area contributed by atoms with Crippen LogP contribution in [0.25, 0.3) is 17.0 Å². The Kier molecular flexibility index (Phi) is 2.30. The summed E-state index contributed by atoms with van der Waals surface area (Å²) in [5.74, 6) is 1.07. The number of fused-ring (bicyclic) bond motifs is 2. The standard InChI is InChI=1S/C15H15N5/c1-9-10-5-4-7-11(10)19-15(17-9)20-13-8-3-2-6-12(13)18-14(20)16/h2-3,6,8H,4-5,7H2,1H3,(H2,16,18). The Bertz CT molecular complexity index is 818. The second-order valence-electron chi connectivity index (χ2n) is 5.18. The lowest BCUT2D eigenvalue weighted by Crippen LogP contribution is -2.09. The summed E-state index contributed by atoms with van der Waals surface area (Å²) in [6, 6.07) is 7.86. The number of nitrogens with zero attached hydrogens (tertiary/aromatic N) is 4. The minimum atomic E-state index is 0.434. The first kappa shape index (κ1) is 11.4. The van der Waals surface area contributed by atoms with Gasteiger partial charge in [0.1, 0.15) is 0 Å². The number of para-hydroxylation sites is 2. The highest BCUT2D eigenvalue weighted by Crippen LogP contribution is 2.26. The van der Waals surface area contributed by atoms with Crippen molar-refractivity contribution in [3.05, 3.63) is 41.2 Å². The van der Waals surface area contributed by atoms with Crippen LogP contribution in [-0.4, -0.2) is 19.5 Å². The van der Waals surface area contributed by atoms with Gasteiger partial charge in [0.15, 0.2) is 0 Å². The van der Waals surface area contributed by atoms with Gasteiger partial charge >= 0.3 is 0 Å². The maximum Gasteiger partial charge on any atom is 0.237 e. The molecular weight excluding hydrogens is 250 g/mol. The van der Waals surface area contributed by atoms with Crippen LogP contribution < -0.4 is 5.73 Å². The molecule has 1 aliphatic carbocycles. The molecule has 0 unspecified atom stereocenters. The molecule has 0 aliphatic heterocycles. The van der Waals surface area contributed by atoms with E-state index in [0.717, 1.165) is 41.7 Å². The predicted octanol–water partition coefficient (Wildman–Crippen LogP) is 2.19. The van der Waals surface area contributed by atoms with Crippen molar-refractivity contribution in [2.45, 2.75) is 26.2 Å². The predicted molar refractivity (Wildman–Crippen MR) is 77.8 cm³/mol. The first-order valence-electron chi connectivity index (χ1n) is 6.84. The van der Waals surface area contributed by atoms with Crippen molar-refractivity contribution < 1.29 is 0 Å². The summed E-state index contributed by atoms with van der Waals surface area (Å²) in [4.78, 5) is 13.7. The summed E-state index contributed by atoms with van der Waals surface area (Å²) in [7, 11) is 0. The molecule has 1 aliphatic rings. The first-order chi connectivity index (χ1) is 9.74. The van der Waals surface area contributed by atoms with E-state index in [9.17, 15) is 0 Å². The van der Waals surface area contributed by atoms with E-state index >= 15 is 0 Å². The third-order valence-corrected chi connectivity index (χ3v) is 3.91. The highest BCUT2D eigenvalue weighted by atomic mass is 15.2. The van der Waals surface area contributed by atoms with Gasteiger partial charge in [0.25, 0.3) is 0 Å². The van der Waals surface area contributed by atoms with Crippen LogP contribution in [0.2, 0.25) is 0 Å². The Hall–Kier alpha value is -2.43. The molecule has 5 heteroatoms.